The molecular weight excluding hydrogens is 400 g/mol. The van der Waals surface area contributed by atoms with Crippen molar-refractivity contribution in [1.82, 2.24) is 14.8 Å². The van der Waals surface area contributed by atoms with Gasteiger partial charge in [0.15, 0.2) is 0 Å². The van der Waals surface area contributed by atoms with Crippen LogP contribution in [0.4, 0.5) is 5.69 Å². The van der Waals surface area contributed by atoms with Crippen molar-refractivity contribution >= 4 is 38.4 Å². The van der Waals surface area contributed by atoms with Crippen molar-refractivity contribution in [2.45, 2.75) is 9.79 Å². The predicted octanol–water partition coefficient (Wildman–Crippen LogP) is 3.45. The largest absolute Gasteiger partial charge is 0.323 e. The summed E-state index contributed by atoms with van der Waals surface area (Å²) < 4.78 is 27.6. The van der Waals surface area contributed by atoms with Crippen LogP contribution in [0.5, 0.6) is 0 Å². The summed E-state index contributed by atoms with van der Waals surface area (Å²) in [6.07, 6.45) is 8.03. The van der Waals surface area contributed by atoms with Gasteiger partial charge in [-0.15, -0.1) is 0 Å². The molecule has 0 saturated carbocycles. The van der Waals surface area contributed by atoms with Crippen LogP contribution in [0.1, 0.15) is 5.56 Å². The number of nitrogens with one attached hydrogen (secondary N) is 1. The Bertz CT molecular complexity index is 1340. The number of hydrogen-bond acceptors (Lipinski definition) is 5. The molecule has 0 bridgehead atoms. The number of aromatic nitrogens is 3. The first-order valence-electron chi connectivity index (χ1n) is 9.09. The fourth-order valence-electron chi connectivity index (χ4n) is 2.97. The monoisotopic (exact) mass is 418 g/mol. The minimum absolute atomic E-state index is 0.146. The Hall–Kier alpha value is -3.78. The molecule has 0 fully saturated rings. The standard InChI is InChI=1S/C22H18N4O3S/c1-26-21-13-20(8-5-17(21)15-24-26)30(28,29)19-9-6-18(7-10-19)25-22(27)11-4-16-3-2-12-23-14-16/h2-15H,1H3,(H,25,27)/b11-4+. The Morgan fingerprint density at radius 2 is 1.80 bits per heavy atom. The molecule has 8 heteroatoms. The zero-order valence-electron chi connectivity index (χ0n) is 16.1. The number of aryl methyl sites for hydroxylation is 1. The van der Waals surface area contributed by atoms with Crippen molar-refractivity contribution in [3.63, 3.8) is 0 Å². The first-order chi connectivity index (χ1) is 14.4. The molecule has 0 aliphatic carbocycles. The minimum Gasteiger partial charge on any atom is -0.323 e. The molecule has 0 aliphatic heterocycles. The van der Waals surface area contributed by atoms with Crippen LogP contribution in [0.2, 0.25) is 0 Å². The highest BCUT2D eigenvalue weighted by Crippen LogP contribution is 2.25. The van der Waals surface area contributed by atoms with E-state index in [-0.39, 0.29) is 15.7 Å². The van der Waals surface area contributed by atoms with E-state index >= 15 is 0 Å². The van der Waals surface area contributed by atoms with Crippen molar-refractivity contribution in [1.29, 1.82) is 0 Å². The van der Waals surface area contributed by atoms with E-state index in [0.29, 0.717) is 5.69 Å². The maximum Gasteiger partial charge on any atom is 0.248 e. The summed E-state index contributed by atoms with van der Waals surface area (Å²) in [5.41, 5.74) is 2.04. The molecule has 0 unspecified atom stereocenters. The van der Waals surface area contributed by atoms with Gasteiger partial charge in [-0.1, -0.05) is 6.07 Å². The van der Waals surface area contributed by atoms with E-state index in [2.05, 4.69) is 15.4 Å². The molecule has 4 rings (SSSR count). The van der Waals surface area contributed by atoms with Crippen LogP contribution < -0.4 is 5.32 Å². The lowest BCUT2D eigenvalue weighted by Gasteiger charge is -2.07. The summed E-state index contributed by atoms with van der Waals surface area (Å²) in [7, 11) is -1.93. The predicted molar refractivity (Wildman–Crippen MR) is 115 cm³/mol. The number of rotatable bonds is 5. The van der Waals surface area contributed by atoms with Crippen LogP contribution in [0, 0.1) is 0 Å². The van der Waals surface area contributed by atoms with Gasteiger partial charge in [-0.3, -0.25) is 14.5 Å². The van der Waals surface area contributed by atoms with Crippen LogP contribution >= 0.6 is 0 Å². The van der Waals surface area contributed by atoms with E-state index in [9.17, 15) is 13.2 Å². The first-order valence-corrected chi connectivity index (χ1v) is 10.6. The first kappa shape index (κ1) is 19.5. The van der Waals surface area contributed by atoms with Crippen LogP contribution in [-0.2, 0) is 21.7 Å². The van der Waals surface area contributed by atoms with Crippen LogP contribution in [0.15, 0.2) is 89.1 Å². The average molecular weight is 418 g/mol. The second kappa shape index (κ2) is 7.92. The lowest BCUT2D eigenvalue weighted by atomic mass is 10.2. The molecule has 30 heavy (non-hydrogen) atoms. The molecule has 0 atom stereocenters. The van der Waals surface area contributed by atoms with Gasteiger partial charge in [0.1, 0.15) is 0 Å². The van der Waals surface area contributed by atoms with E-state index in [1.54, 1.807) is 72.8 Å². The number of anilines is 1. The van der Waals surface area contributed by atoms with Crippen molar-refractivity contribution in [2.75, 3.05) is 5.32 Å². The topological polar surface area (TPSA) is 94.0 Å². The second-order valence-electron chi connectivity index (χ2n) is 6.63. The molecule has 4 aromatic rings. The van der Waals surface area contributed by atoms with E-state index in [1.807, 2.05) is 6.07 Å². The highest BCUT2D eigenvalue weighted by molar-refractivity contribution is 7.91. The quantitative estimate of drug-likeness (QED) is 0.501. The number of nitrogens with zero attached hydrogens (tertiary/aromatic N) is 3. The number of carbonyl (C=O) groups is 1. The van der Waals surface area contributed by atoms with E-state index < -0.39 is 9.84 Å². The summed E-state index contributed by atoms with van der Waals surface area (Å²) in [6, 6.07) is 14.6. The van der Waals surface area contributed by atoms with Gasteiger partial charge in [-0.25, -0.2) is 8.42 Å². The second-order valence-corrected chi connectivity index (χ2v) is 8.58. The highest BCUT2D eigenvalue weighted by Gasteiger charge is 2.18. The average Bonchev–Trinajstić information content (AvgIpc) is 3.14. The van der Waals surface area contributed by atoms with Crippen LogP contribution in [0.25, 0.3) is 17.0 Å². The van der Waals surface area contributed by atoms with Gasteiger partial charge in [-0.2, -0.15) is 5.10 Å². The number of carbonyl (C=O) groups excluding carboxylic acids is 1. The zero-order valence-corrected chi connectivity index (χ0v) is 16.9. The van der Waals surface area contributed by atoms with Gasteiger partial charge in [0.25, 0.3) is 0 Å². The number of benzene rings is 2. The van der Waals surface area contributed by atoms with Gasteiger partial charge in [0.05, 0.1) is 21.5 Å². The van der Waals surface area contributed by atoms with Crippen LogP contribution in [-0.4, -0.2) is 29.1 Å². The zero-order chi connectivity index (χ0) is 21.1. The summed E-state index contributed by atoms with van der Waals surface area (Å²) in [6.45, 7) is 0. The number of hydrogen-bond donors (Lipinski definition) is 1. The third-order valence-electron chi connectivity index (χ3n) is 4.57. The Labute approximate surface area is 173 Å². The molecule has 0 radical (unpaired) electrons. The fourth-order valence-corrected chi connectivity index (χ4v) is 4.26. The van der Waals surface area contributed by atoms with Gasteiger partial charge in [-0.05, 0) is 60.2 Å². The van der Waals surface area contributed by atoms with Crippen molar-refractivity contribution in [3.8, 4) is 0 Å². The smallest absolute Gasteiger partial charge is 0.248 e. The highest BCUT2D eigenvalue weighted by atomic mass is 32.2. The lowest BCUT2D eigenvalue weighted by molar-refractivity contribution is -0.111. The third kappa shape index (κ3) is 3.99. The van der Waals surface area contributed by atoms with Crippen molar-refractivity contribution < 1.29 is 13.2 Å². The molecule has 1 N–H and O–H groups in total. The summed E-state index contributed by atoms with van der Waals surface area (Å²) in [4.78, 5) is 16.4. The Morgan fingerprint density at radius 1 is 1.03 bits per heavy atom. The molecule has 2 aromatic carbocycles. The number of pyridine rings is 1. The molecule has 0 aliphatic rings. The lowest BCUT2D eigenvalue weighted by Crippen LogP contribution is -2.08. The Morgan fingerprint density at radius 3 is 2.53 bits per heavy atom. The van der Waals surface area contributed by atoms with Gasteiger partial charge >= 0.3 is 0 Å². The van der Waals surface area contributed by atoms with Gasteiger partial charge < -0.3 is 5.32 Å². The maximum atomic E-state index is 13.0. The molecule has 7 nitrogen and oxygen atoms in total. The number of amides is 1. The van der Waals surface area contributed by atoms with Crippen molar-refractivity contribution in [3.05, 3.63) is 84.8 Å². The fraction of sp³-hybridized carbons (Fsp3) is 0.0455. The molecule has 0 spiro atoms. The van der Waals surface area contributed by atoms with Gasteiger partial charge in [0.2, 0.25) is 15.7 Å². The van der Waals surface area contributed by atoms with E-state index in [1.165, 1.54) is 18.2 Å². The SMILES string of the molecule is Cn1ncc2ccc(S(=O)(=O)c3ccc(NC(=O)/C=C/c4cccnc4)cc3)cc21. The number of sulfone groups is 1. The summed E-state index contributed by atoms with van der Waals surface area (Å²) in [5.74, 6) is -0.323. The molecule has 2 aromatic heterocycles. The van der Waals surface area contributed by atoms with Crippen molar-refractivity contribution in [2.24, 2.45) is 7.05 Å². The summed E-state index contributed by atoms with van der Waals surface area (Å²) >= 11 is 0. The van der Waals surface area contributed by atoms with E-state index in [4.69, 9.17) is 0 Å². The Balaban J connectivity index is 1.51. The summed E-state index contributed by atoms with van der Waals surface area (Å²) in [5, 5.41) is 7.71. The molecular formula is C22H18N4O3S. The minimum atomic E-state index is -3.69. The van der Waals surface area contributed by atoms with Crippen LogP contribution in [0.3, 0.4) is 0 Å². The number of fused-ring (bicyclic) bond motifs is 1. The Kier molecular flexibility index (Phi) is 5.16. The third-order valence-corrected chi connectivity index (χ3v) is 6.34. The molecule has 1 amide bonds. The normalized spacial score (nSPS) is 11.8. The molecule has 150 valence electrons. The maximum absolute atomic E-state index is 13.0. The van der Waals surface area contributed by atoms with E-state index in [0.717, 1.165) is 16.5 Å². The molecule has 2 heterocycles. The molecule has 0 saturated heterocycles. The van der Waals surface area contributed by atoms with Gasteiger partial charge in [0, 0.05) is 36.6 Å².